The van der Waals surface area contributed by atoms with Gasteiger partial charge in [-0.2, -0.15) is 0 Å². The fourth-order valence-electron chi connectivity index (χ4n) is 3.55. The number of nitrogen functional groups attached to an aromatic ring is 2. The fourth-order valence-corrected chi connectivity index (χ4v) is 3.55. The Balaban J connectivity index is 1.60. The van der Waals surface area contributed by atoms with E-state index < -0.39 is 0 Å². The van der Waals surface area contributed by atoms with Crippen LogP contribution in [0.15, 0.2) is 103 Å². The number of carbonyl (C=O) groups excluding carboxylic acids is 2. The molecule has 0 radical (unpaired) electrons. The van der Waals surface area contributed by atoms with Crippen LogP contribution in [0.4, 0.5) is 11.4 Å². The van der Waals surface area contributed by atoms with Gasteiger partial charge in [0.05, 0.1) is 0 Å². The minimum Gasteiger partial charge on any atom is -0.399 e. The zero-order chi connectivity index (χ0) is 22.5. The van der Waals surface area contributed by atoms with E-state index >= 15 is 0 Å². The van der Waals surface area contributed by atoms with Gasteiger partial charge in [0.1, 0.15) is 0 Å². The molecule has 0 atom stereocenters. The summed E-state index contributed by atoms with van der Waals surface area (Å²) >= 11 is 0. The minimum atomic E-state index is -0.161. The number of hydrogen-bond donors (Lipinski definition) is 2. The van der Waals surface area contributed by atoms with Crippen LogP contribution in [0.25, 0.3) is 17.2 Å². The zero-order valence-corrected chi connectivity index (χ0v) is 17.4. The Morgan fingerprint density at radius 1 is 0.656 bits per heavy atom. The molecular formula is C28H22N2O2. The molecule has 156 valence electrons. The standard InChI is InChI=1S/C28H22N2O2/c29-23-16-22(17-24(30)18-23)28(32)21-13-11-20(12-14-21)25-8-4-5-9-26(25)27(31)15-10-19-6-2-1-3-7-19/h1-18H,29-30H2. The minimum absolute atomic E-state index is 0.0835. The number of nitrogens with two attached hydrogens (primary N) is 2. The van der Waals surface area contributed by atoms with Crippen LogP contribution in [-0.4, -0.2) is 11.6 Å². The summed E-state index contributed by atoms with van der Waals surface area (Å²) in [5.41, 5.74) is 16.7. The first-order chi connectivity index (χ1) is 15.5. The lowest BCUT2D eigenvalue weighted by atomic mass is 9.94. The summed E-state index contributed by atoms with van der Waals surface area (Å²) in [4.78, 5) is 25.7. The molecule has 32 heavy (non-hydrogen) atoms. The topological polar surface area (TPSA) is 86.2 Å². The van der Waals surface area contributed by atoms with E-state index in [9.17, 15) is 9.59 Å². The van der Waals surface area contributed by atoms with Crippen LogP contribution < -0.4 is 11.5 Å². The smallest absolute Gasteiger partial charge is 0.193 e. The van der Waals surface area contributed by atoms with Crippen molar-refractivity contribution in [3.05, 3.63) is 125 Å². The molecule has 0 unspecified atom stereocenters. The molecule has 0 aliphatic rings. The number of hydrogen-bond acceptors (Lipinski definition) is 4. The lowest BCUT2D eigenvalue weighted by Crippen LogP contribution is -2.04. The number of carbonyl (C=O) groups is 2. The molecule has 4 heteroatoms. The number of ketones is 2. The largest absolute Gasteiger partial charge is 0.399 e. The summed E-state index contributed by atoms with van der Waals surface area (Å²) in [6.07, 6.45) is 3.38. The van der Waals surface area contributed by atoms with Crippen LogP contribution in [0.3, 0.4) is 0 Å². The van der Waals surface area contributed by atoms with Gasteiger partial charge in [0.25, 0.3) is 0 Å². The third kappa shape index (κ3) is 4.65. The van der Waals surface area contributed by atoms with Crippen LogP contribution in [0, 0.1) is 0 Å². The normalized spacial score (nSPS) is 10.9. The van der Waals surface area contributed by atoms with E-state index in [0.29, 0.717) is 28.1 Å². The third-order valence-electron chi connectivity index (χ3n) is 5.12. The van der Waals surface area contributed by atoms with Crippen molar-refractivity contribution < 1.29 is 9.59 Å². The molecule has 4 aromatic rings. The molecular weight excluding hydrogens is 396 g/mol. The van der Waals surface area contributed by atoms with Crippen LogP contribution >= 0.6 is 0 Å². The van der Waals surface area contributed by atoms with Crippen molar-refractivity contribution in [2.75, 3.05) is 11.5 Å². The van der Waals surface area contributed by atoms with Gasteiger partial charge in [0.2, 0.25) is 0 Å². The van der Waals surface area contributed by atoms with E-state index in [1.165, 1.54) is 0 Å². The number of anilines is 2. The van der Waals surface area contributed by atoms with Gasteiger partial charge < -0.3 is 11.5 Å². The Morgan fingerprint density at radius 2 is 1.28 bits per heavy atom. The Hall–Kier alpha value is -4.44. The maximum Gasteiger partial charge on any atom is 0.193 e. The fraction of sp³-hybridized carbons (Fsp3) is 0. The lowest BCUT2D eigenvalue weighted by molar-refractivity contribution is 0.103. The van der Waals surface area contributed by atoms with Gasteiger partial charge in [-0.15, -0.1) is 0 Å². The highest BCUT2D eigenvalue weighted by Gasteiger charge is 2.13. The van der Waals surface area contributed by atoms with Crippen molar-refractivity contribution in [3.8, 4) is 11.1 Å². The van der Waals surface area contributed by atoms with Gasteiger partial charge in [0, 0.05) is 28.1 Å². The third-order valence-corrected chi connectivity index (χ3v) is 5.12. The van der Waals surface area contributed by atoms with Crippen LogP contribution in [0.2, 0.25) is 0 Å². The van der Waals surface area contributed by atoms with Gasteiger partial charge >= 0.3 is 0 Å². The molecule has 4 N–H and O–H groups in total. The Morgan fingerprint density at radius 3 is 1.97 bits per heavy atom. The number of allylic oxidation sites excluding steroid dienone is 1. The maximum absolute atomic E-state index is 12.9. The molecule has 0 amide bonds. The van der Waals surface area contributed by atoms with Crippen molar-refractivity contribution in [1.29, 1.82) is 0 Å². The number of rotatable bonds is 6. The van der Waals surface area contributed by atoms with E-state index in [2.05, 4.69) is 0 Å². The molecule has 4 rings (SSSR count). The molecule has 0 aliphatic heterocycles. The molecule has 0 aromatic heterocycles. The van der Waals surface area contributed by atoms with Gasteiger partial charge in [-0.25, -0.2) is 0 Å². The molecule has 0 bridgehead atoms. The van der Waals surface area contributed by atoms with Gasteiger partial charge in [-0.1, -0.05) is 84.9 Å². The highest BCUT2D eigenvalue weighted by molar-refractivity contribution is 6.12. The summed E-state index contributed by atoms with van der Waals surface area (Å²) < 4.78 is 0. The van der Waals surface area contributed by atoms with E-state index in [-0.39, 0.29) is 11.6 Å². The van der Waals surface area contributed by atoms with E-state index in [0.717, 1.165) is 16.7 Å². The predicted octanol–water partition coefficient (Wildman–Crippen LogP) is 5.65. The maximum atomic E-state index is 12.9. The summed E-state index contributed by atoms with van der Waals surface area (Å²) in [5, 5.41) is 0. The SMILES string of the molecule is Nc1cc(N)cc(C(=O)c2ccc(-c3ccccc3C(=O)C=Cc3ccccc3)cc2)c1. The average Bonchev–Trinajstić information content (AvgIpc) is 2.82. The van der Waals surface area contributed by atoms with Gasteiger partial charge in [-0.05, 0) is 41.0 Å². The second-order valence-electron chi connectivity index (χ2n) is 7.45. The van der Waals surface area contributed by atoms with Crippen molar-refractivity contribution in [2.45, 2.75) is 0 Å². The Labute approximate surface area is 186 Å². The quantitative estimate of drug-likeness (QED) is 0.241. The molecule has 0 heterocycles. The first kappa shape index (κ1) is 20.8. The van der Waals surface area contributed by atoms with Crippen molar-refractivity contribution in [3.63, 3.8) is 0 Å². The zero-order valence-electron chi connectivity index (χ0n) is 17.4. The molecule has 0 saturated heterocycles. The molecule has 0 aliphatic carbocycles. The second kappa shape index (κ2) is 9.14. The Bertz CT molecular complexity index is 1290. The first-order valence-electron chi connectivity index (χ1n) is 10.2. The van der Waals surface area contributed by atoms with Crippen molar-refractivity contribution in [2.24, 2.45) is 0 Å². The monoisotopic (exact) mass is 418 g/mol. The molecule has 4 aromatic carbocycles. The summed E-state index contributed by atoms with van der Waals surface area (Å²) in [6.45, 7) is 0. The van der Waals surface area contributed by atoms with Crippen molar-refractivity contribution in [1.82, 2.24) is 0 Å². The second-order valence-corrected chi connectivity index (χ2v) is 7.45. The van der Waals surface area contributed by atoms with Gasteiger partial charge in [0.15, 0.2) is 11.6 Å². The molecule has 0 fully saturated rings. The summed E-state index contributed by atoms with van der Waals surface area (Å²) in [7, 11) is 0. The lowest BCUT2D eigenvalue weighted by Gasteiger charge is -2.09. The Kier molecular flexibility index (Phi) is 5.95. The average molecular weight is 418 g/mol. The summed E-state index contributed by atoms with van der Waals surface area (Å²) in [6, 6.07) is 29.1. The van der Waals surface area contributed by atoms with Crippen LogP contribution in [0.5, 0.6) is 0 Å². The first-order valence-corrected chi connectivity index (χ1v) is 10.2. The summed E-state index contributed by atoms with van der Waals surface area (Å²) in [5.74, 6) is -0.245. The van der Waals surface area contributed by atoms with Gasteiger partial charge in [-0.3, -0.25) is 9.59 Å². The van der Waals surface area contributed by atoms with E-state index in [1.54, 1.807) is 42.5 Å². The highest BCUT2D eigenvalue weighted by atomic mass is 16.1. The van der Waals surface area contributed by atoms with Crippen molar-refractivity contribution >= 4 is 29.0 Å². The molecule has 4 nitrogen and oxygen atoms in total. The van der Waals surface area contributed by atoms with E-state index in [1.807, 2.05) is 66.7 Å². The predicted molar refractivity (Wildman–Crippen MR) is 130 cm³/mol. The van der Waals surface area contributed by atoms with E-state index in [4.69, 9.17) is 11.5 Å². The van der Waals surface area contributed by atoms with Crippen LogP contribution in [0.1, 0.15) is 31.8 Å². The highest BCUT2D eigenvalue weighted by Crippen LogP contribution is 2.26. The molecule has 0 spiro atoms. The molecule has 0 saturated carbocycles. The van der Waals surface area contributed by atoms with Crippen LogP contribution in [-0.2, 0) is 0 Å². The number of benzene rings is 4.